The molecule has 1 aromatic heterocycles. The summed E-state index contributed by atoms with van der Waals surface area (Å²) in [6.07, 6.45) is 0.981. The van der Waals surface area contributed by atoms with Gasteiger partial charge in [-0.25, -0.2) is 0 Å². The molecular formula is C14H15BrN2OS. The fraction of sp³-hybridized carbons (Fsp3) is 0.214. The molecule has 0 aliphatic carbocycles. The number of nitrogens with two attached hydrogens (primary N) is 1. The molecule has 0 aliphatic rings. The van der Waals surface area contributed by atoms with Crippen LogP contribution in [0.2, 0.25) is 0 Å². The number of benzene rings is 1. The number of hydrogen-bond acceptors (Lipinski definition) is 3. The number of thiophene rings is 1. The predicted octanol–water partition coefficient (Wildman–Crippen LogP) is 3.59. The Labute approximate surface area is 125 Å². The third-order valence-electron chi connectivity index (χ3n) is 2.89. The van der Waals surface area contributed by atoms with Crippen molar-refractivity contribution in [3.63, 3.8) is 0 Å². The smallest absolute Gasteiger partial charge is 0.253 e. The molecule has 0 atom stereocenters. The second kappa shape index (κ2) is 6.21. The first-order valence-corrected chi connectivity index (χ1v) is 7.67. The van der Waals surface area contributed by atoms with Gasteiger partial charge in [-0.2, -0.15) is 0 Å². The van der Waals surface area contributed by atoms with E-state index < -0.39 is 0 Å². The van der Waals surface area contributed by atoms with E-state index in [1.807, 2.05) is 11.4 Å². The number of amides is 1. The molecule has 3 nitrogen and oxygen atoms in total. The fourth-order valence-electron chi connectivity index (χ4n) is 1.83. The van der Waals surface area contributed by atoms with Crippen molar-refractivity contribution in [1.29, 1.82) is 0 Å². The van der Waals surface area contributed by atoms with Crippen LogP contribution in [0, 0.1) is 0 Å². The Morgan fingerprint density at radius 1 is 1.42 bits per heavy atom. The lowest BCUT2D eigenvalue weighted by Gasteiger charge is -2.08. The SMILES string of the molecule is CCc1ccsc1CNC(=O)c1ccc(Br)cc1N. The van der Waals surface area contributed by atoms with Gasteiger partial charge in [0.25, 0.3) is 5.91 Å². The zero-order chi connectivity index (χ0) is 13.8. The van der Waals surface area contributed by atoms with Crippen LogP contribution in [0.3, 0.4) is 0 Å². The van der Waals surface area contributed by atoms with Gasteiger partial charge in [0, 0.05) is 15.0 Å². The predicted molar refractivity (Wildman–Crippen MR) is 83.4 cm³/mol. The quantitative estimate of drug-likeness (QED) is 0.837. The number of nitrogen functional groups attached to an aromatic ring is 1. The van der Waals surface area contributed by atoms with Crippen LogP contribution in [0.15, 0.2) is 34.1 Å². The molecule has 0 bridgehead atoms. The Morgan fingerprint density at radius 3 is 2.89 bits per heavy atom. The van der Waals surface area contributed by atoms with Crippen molar-refractivity contribution in [2.24, 2.45) is 0 Å². The van der Waals surface area contributed by atoms with Crippen molar-refractivity contribution in [2.75, 3.05) is 5.73 Å². The number of carbonyl (C=O) groups excluding carboxylic acids is 1. The van der Waals surface area contributed by atoms with Crippen LogP contribution >= 0.6 is 27.3 Å². The lowest BCUT2D eigenvalue weighted by molar-refractivity contribution is 0.0952. The standard InChI is InChI=1S/C14H15BrN2OS/c1-2-9-5-6-19-13(9)8-17-14(18)11-4-3-10(15)7-12(11)16/h3-7H,2,8,16H2,1H3,(H,17,18). The van der Waals surface area contributed by atoms with Crippen LogP contribution in [0.25, 0.3) is 0 Å². The maximum Gasteiger partial charge on any atom is 0.253 e. The normalized spacial score (nSPS) is 10.4. The van der Waals surface area contributed by atoms with Gasteiger partial charge < -0.3 is 11.1 Å². The molecule has 5 heteroatoms. The molecule has 1 amide bonds. The molecule has 0 unspecified atom stereocenters. The largest absolute Gasteiger partial charge is 0.398 e. The van der Waals surface area contributed by atoms with E-state index in [0.717, 1.165) is 10.9 Å². The van der Waals surface area contributed by atoms with Crippen molar-refractivity contribution in [3.8, 4) is 0 Å². The van der Waals surface area contributed by atoms with Crippen LogP contribution in [0.4, 0.5) is 5.69 Å². The van der Waals surface area contributed by atoms with Crippen molar-refractivity contribution >= 4 is 38.9 Å². The molecule has 0 spiro atoms. The Balaban J connectivity index is 2.05. The van der Waals surface area contributed by atoms with Crippen LogP contribution < -0.4 is 11.1 Å². The van der Waals surface area contributed by atoms with Gasteiger partial charge in [-0.1, -0.05) is 22.9 Å². The van der Waals surface area contributed by atoms with Gasteiger partial charge in [0.15, 0.2) is 0 Å². The van der Waals surface area contributed by atoms with Crippen molar-refractivity contribution < 1.29 is 4.79 Å². The van der Waals surface area contributed by atoms with Crippen molar-refractivity contribution in [2.45, 2.75) is 19.9 Å². The minimum atomic E-state index is -0.138. The maximum absolute atomic E-state index is 12.1. The van der Waals surface area contributed by atoms with E-state index in [4.69, 9.17) is 5.73 Å². The van der Waals surface area contributed by atoms with Gasteiger partial charge in [0.2, 0.25) is 0 Å². The summed E-state index contributed by atoms with van der Waals surface area (Å²) < 4.78 is 0.869. The average molecular weight is 339 g/mol. The molecule has 0 radical (unpaired) electrons. The summed E-state index contributed by atoms with van der Waals surface area (Å²) in [6, 6.07) is 7.37. The second-order valence-electron chi connectivity index (χ2n) is 4.14. The van der Waals surface area contributed by atoms with Gasteiger partial charge >= 0.3 is 0 Å². The first-order chi connectivity index (χ1) is 9.11. The molecular weight excluding hydrogens is 324 g/mol. The van der Waals surface area contributed by atoms with Crippen LogP contribution in [-0.2, 0) is 13.0 Å². The van der Waals surface area contributed by atoms with E-state index in [9.17, 15) is 4.79 Å². The zero-order valence-corrected chi connectivity index (χ0v) is 13.0. The lowest BCUT2D eigenvalue weighted by atomic mass is 10.1. The van der Waals surface area contributed by atoms with Crippen LogP contribution in [0.1, 0.15) is 27.7 Å². The number of carbonyl (C=O) groups is 1. The minimum absolute atomic E-state index is 0.138. The highest BCUT2D eigenvalue weighted by Crippen LogP contribution is 2.20. The molecule has 2 aromatic rings. The average Bonchev–Trinajstić information content (AvgIpc) is 2.83. The number of aryl methyl sites for hydroxylation is 1. The zero-order valence-electron chi connectivity index (χ0n) is 10.6. The minimum Gasteiger partial charge on any atom is -0.398 e. The molecule has 1 heterocycles. The number of halogens is 1. The first kappa shape index (κ1) is 14.1. The molecule has 1 aromatic carbocycles. The summed E-state index contributed by atoms with van der Waals surface area (Å²) in [5.74, 6) is -0.138. The number of rotatable bonds is 4. The van der Waals surface area contributed by atoms with Gasteiger partial charge in [-0.05, 0) is 41.6 Å². The van der Waals surface area contributed by atoms with Gasteiger partial charge in [0.1, 0.15) is 0 Å². The molecule has 0 aliphatic heterocycles. The summed E-state index contributed by atoms with van der Waals surface area (Å²) in [7, 11) is 0. The Morgan fingerprint density at radius 2 is 2.21 bits per heavy atom. The summed E-state index contributed by atoms with van der Waals surface area (Å²) in [6.45, 7) is 2.66. The molecule has 0 saturated carbocycles. The van der Waals surface area contributed by atoms with E-state index in [1.54, 1.807) is 23.5 Å². The third kappa shape index (κ3) is 3.36. The third-order valence-corrected chi connectivity index (χ3v) is 4.34. The van der Waals surface area contributed by atoms with Crippen LogP contribution in [0.5, 0.6) is 0 Å². The van der Waals surface area contributed by atoms with Gasteiger partial charge in [-0.3, -0.25) is 4.79 Å². The maximum atomic E-state index is 12.1. The lowest BCUT2D eigenvalue weighted by Crippen LogP contribution is -2.23. The van der Waals surface area contributed by atoms with E-state index in [1.165, 1.54) is 10.4 Å². The number of anilines is 1. The summed E-state index contributed by atoms with van der Waals surface area (Å²) in [5.41, 5.74) is 8.12. The number of nitrogens with one attached hydrogen (secondary N) is 1. The molecule has 3 N–H and O–H groups in total. The summed E-state index contributed by atoms with van der Waals surface area (Å²) >= 11 is 4.99. The molecule has 0 fully saturated rings. The van der Waals surface area contributed by atoms with Crippen molar-refractivity contribution in [1.82, 2.24) is 5.32 Å². The second-order valence-corrected chi connectivity index (χ2v) is 6.05. The number of hydrogen-bond donors (Lipinski definition) is 2. The Hall–Kier alpha value is -1.33. The van der Waals surface area contributed by atoms with E-state index >= 15 is 0 Å². The summed E-state index contributed by atoms with van der Waals surface area (Å²) in [5, 5.41) is 4.96. The Bertz CT molecular complexity index is 595. The molecule has 2 rings (SSSR count). The first-order valence-electron chi connectivity index (χ1n) is 6.00. The monoisotopic (exact) mass is 338 g/mol. The van der Waals surface area contributed by atoms with Gasteiger partial charge in [0.05, 0.1) is 12.1 Å². The highest BCUT2D eigenvalue weighted by molar-refractivity contribution is 9.10. The van der Waals surface area contributed by atoms with E-state index in [2.05, 4.69) is 34.2 Å². The topological polar surface area (TPSA) is 55.1 Å². The van der Waals surface area contributed by atoms with E-state index in [0.29, 0.717) is 17.8 Å². The van der Waals surface area contributed by atoms with Crippen LogP contribution in [-0.4, -0.2) is 5.91 Å². The Kier molecular flexibility index (Phi) is 4.61. The molecule has 19 heavy (non-hydrogen) atoms. The highest BCUT2D eigenvalue weighted by Gasteiger charge is 2.10. The van der Waals surface area contributed by atoms with Gasteiger partial charge in [-0.15, -0.1) is 11.3 Å². The summed E-state index contributed by atoms with van der Waals surface area (Å²) in [4.78, 5) is 13.3. The molecule has 100 valence electrons. The van der Waals surface area contributed by atoms with E-state index in [-0.39, 0.29) is 5.91 Å². The fourth-order valence-corrected chi connectivity index (χ4v) is 3.13. The molecule has 0 saturated heterocycles. The highest BCUT2D eigenvalue weighted by atomic mass is 79.9. The van der Waals surface area contributed by atoms with Crippen molar-refractivity contribution in [3.05, 3.63) is 50.1 Å².